The molecule has 0 bridgehead atoms. The number of aromatic nitrogens is 1. The van der Waals surface area contributed by atoms with Gasteiger partial charge in [-0.3, -0.25) is 9.59 Å². The molecule has 0 N–H and O–H groups in total. The summed E-state index contributed by atoms with van der Waals surface area (Å²) in [6.07, 6.45) is 2.24. The number of ether oxygens (including phenoxy) is 1. The van der Waals surface area contributed by atoms with Crippen LogP contribution >= 0.6 is 23.1 Å². The summed E-state index contributed by atoms with van der Waals surface area (Å²) in [5, 5.41) is 0. The minimum absolute atomic E-state index is 0.0300. The summed E-state index contributed by atoms with van der Waals surface area (Å²) in [5.74, 6) is -0.577. The minimum atomic E-state index is -0.343. The highest BCUT2D eigenvalue weighted by Gasteiger charge is 2.13. The monoisotopic (exact) mass is 428 g/mol. The molecule has 1 aromatic heterocycles. The molecule has 0 unspecified atom stereocenters. The minimum Gasteiger partial charge on any atom is -0.465 e. The first kappa shape index (κ1) is 21.3. The molecule has 7 heteroatoms. The Bertz CT molecular complexity index is 1130. The van der Waals surface area contributed by atoms with E-state index in [2.05, 4.69) is 11.1 Å². The first-order valence-corrected chi connectivity index (χ1v) is 11.4. The first-order valence-electron chi connectivity index (χ1n) is 9.38. The van der Waals surface area contributed by atoms with Crippen molar-refractivity contribution in [2.24, 2.45) is 4.99 Å². The average molecular weight is 429 g/mol. The molecule has 3 aromatic rings. The molecule has 0 aliphatic carbocycles. The zero-order valence-corrected chi connectivity index (χ0v) is 18.7. The van der Waals surface area contributed by atoms with Crippen LogP contribution in [0.4, 0.5) is 0 Å². The Morgan fingerprint density at radius 1 is 1.14 bits per heavy atom. The normalized spacial score (nSPS) is 11.8. The van der Waals surface area contributed by atoms with Crippen molar-refractivity contribution in [3.63, 3.8) is 0 Å². The lowest BCUT2D eigenvalue weighted by Crippen LogP contribution is -2.23. The predicted molar refractivity (Wildman–Crippen MR) is 118 cm³/mol. The molecule has 0 spiro atoms. The number of benzene rings is 2. The van der Waals surface area contributed by atoms with E-state index in [1.165, 1.54) is 16.9 Å². The number of hydrogen-bond acceptors (Lipinski definition) is 5. The molecule has 3 rings (SSSR count). The third-order valence-corrected chi connectivity index (χ3v) is 6.40. The molecule has 5 nitrogen and oxygen atoms in total. The number of nitrogens with zero attached hydrogens (tertiary/aromatic N) is 2. The highest BCUT2D eigenvalue weighted by molar-refractivity contribution is 7.98. The Morgan fingerprint density at radius 3 is 2.62 bits per heavy atom. The van der Waals surface area contributed by atoms with Gasteiger partial charge in [-0.05, 0) is 61.9 Å². The van der Waals surface area contributed by atoms with E-state index in [1.807, 2.05) is 50.4 Å². The van der Waals surface area contributed by atoms with E-state index >= 15 is 0 Å². The number of aryl methyl sites for hydroxylation is 2. The highest BCUT2D eigenvalue weighted by atomic mass is 32.2. The van der Waals surface area contributed by atoms with E-state index in [0.29, 0.717) is 11.4 Å². The van der Waals surface area contributed by atoms with Crippen LogP contribution in [-0.4, -0.2) is 29.3 Å². The van der Waals surface area contributed by atoms with Crippen molar-refractivity contribution in [2.75, 3.05) is 12.9 Å². The summed E-state index contributed by atoms with van der Waals surface area (Å²) in [7, 11) is 0. The van der Waals surface area contributed by atoms with Gasteiger partial charge in [0.1, 0.15) is 6.54 Å². The van der Waals surface area contributed by atoms with Gasteiger partial charge in [-0.1, -0.05) is 29.5 Å². The second-order valence-electron chi connectivity index (χ2n) is 6.71. The van der Waals surface area contributed by atoms with E-state index in [1.54, 1.807) is 23.3 Å². The molecule has 2 aromatic carbocycles. The standard InChI is InChI=1S/C22H24N2O3S2/c1-5-27-21(26)13-24-18-9-8-17(28-4)12-19(18)29-22(24)23-20(25)11-16-7-6-14(2)15(3)10-16/h6-10,12H,5,11,13H2,1-4H3. The summed E-state index contributed by atoms with van der Waals surface area (Å²) >= 11 is 3.06. The Morgan fingerprint density at radius 2 is 1.93 bits per heavy atom. The molecule has 0 radical (unpaired) electrons. The highest BCUT2D eigenvalue weighted by Crippen LogP contribution is 2.24. The van der Waals surface area contributed by atoms with Gasteiger partial charge in [-0.25, -0.2) is 0 Å². The van der Waals surface area contributed by atoms with Gasteiger partial charge in [0.05, 0.1) is 23.2 Å². The van der Waals surface area contributed by atoms with Crippen LogP contribution in [0.1, 0.15) is 23.6 Å². The van der Waals surface area contributed by atoms with Gasteiger partial charge in [-0.15, -0.1) is 11.8 Å². The lowest BCUT2D eigenvalue weighted by atomic mass is 10.0. The summed E-state index contributed by atoms with van der Waals surface area (Å²) in [6, 6.07) is 12.0. The van der Waals surface area contributed by atoms with Crippen molar-refractivity contribution < 1.29 is 14.3 Å². The fraction of sp³-hybridized carbons (Fsp3) is 0.318. The number of thioether (sulfide) groups is 1. The van der Waals surface area contributed by atoms with Gasteiger partial charge in [0.25, 0.3) is 5.91 Å². The van der Waals surface area contributed by atoms with Gasteiger partial charge in [-0.2, -0.15) is 4.99 Å². The molecule has 0 atom stereocenters. The van der Waals surface area contributed by atoms with Crippen LogP contribution in [0.2, 0.25) is 0 Å². The van der Waals surface area contributed by atoms with E-state index in [4.69, 9.17) is 4.74 Å². The zero-order valence-electron chi connectivity index (χ0n) is 17.0. The Labute approximate surface area is 178 Å². The maximum Gasteiger partial charge on any atom is 0.326 e. The number of hydrogen-bond donors (Lipinski definition) is 0. The van der Waals surface area contributed by atoms with Crippen molar-refractivity contribution in [3.8, 4) is 0 Å². The van der Waals surface area contributed by atoms with Crippen LogP contribution in [-0.2, 0) is 27.3 Å². The van der Waals surface area contributed by atoms with E-state index in [9.17, 15) is 9.59 Å². The summed E-state index contributed by atoms with van der Waals surface area (Å²) in [4.78, 5) is 30.7. The van der Waals surface area contributed by atoms with Gasteiger partial charge >= 0.3 is 5.97 Å². The van der Waals surface area contributed by atoms with Crippen LogP contribution in [0.5, 0.6) is 0 Å². The smallest absolute Gasteiger partial charge is 0.326 e. The molecule has 29 heavy (non-hydrogen) atoms. The van der Waals surface area contributed by atoms with E-state index < -0.39 is 0 Å². The van der Waals surface area contributed by atoms with Gasteiger partial charge in [0.15, 0.2) is 4.80 Å². The summed E-state index contributed by atoms with van der Waals surface area (Å²) in [6.45, 7) is 6.20. The molecule has 0 saturated carbocycles. The summed E-state index contributed by atoms with van der Waals surface area (Å²) < 4.78 is 7.85. The molecule has 1 heterocycles. The average Bonchev–Trinajstić information content (AvgIpc) is 3.00. The van der Waals surface area contributed by atoms with Gasteiger partial charge in [0.2, 0.25) is 0 Å². The Kier molecular flexibility index (Phi) is 6.92. The summed E-state index contributed by atoms with van der Waals surface area (Å²) in [5.41, 5.74) is 4.15. The van der Waals surface area contributed by atoms with Gasteiger partial charge in [0, 0.05) is 4.90 Å². The quantitative estimate of drug-likeness (QED) is 0.434. The van der Waals surface area contributed by atoms with Gasteiger partial charge < -0.3 is 9.30 Å². The van der Waals surface area contributed by atoms with E-state index in [-0.39, 0.29) is 24.8 Å². The molecule has 1 amide bonds. The lowest BCUT2D eigenvalue weighted by Gasteiger charge is -2.06. The van der Waals surface area contributed by atoms with Crippen molar-refractivity contribution in [2.45, 2.75) is 38.6 Å². The van der Waals surface area contributed by atoms with Crippen LogP contribution in [0.15, 0.2) is 46.3 Å². The Hall–Kier alpha value is -2.38. The van der Waals surface area contributed by atoms with Crippen LogP contribution in [0.25, 0.3) is 10.2 Å². The fourth-order valence-electron chi connectivity index (χ4n) is 2.99. The van der Waals surface area contributed by atoms with Crippen molar-refractivity contribution >= 4 is 45.2 Å². The second kappa shape index (κ2) is 9.41. The van der Waals surface area contributed by atoms with Crippen molar-refractivity contribution in [1.82, 2.24) is 4.57 Å². The molecule has 0 fully saturated rings. The molecule has 0 aliphatic heterocycles. The molecule has 0 aliphatic rings. The molecule has 0 saturated heterocycles. The number of amides is 1. The van der Waals surface area contributed by atoms with E-state index in [0.717, 1.165) is 26.2 Å². The number of carbonyl (C=O) groups is 2. The van der Waals surface area contributed by atoms with Crippen LogP contribution < -0.4 is 4.80 Å². The maximum atomic E-state index is 12.6. The molecule has 152 valence electrons. The van der Waals surface area contributed by atoms with Crippen molar-refractivity contribution in [3.05, 3.63) is 57.9 Å². The number of carbonyl (C=O) groups excluding carboxylic acids is 2. The number of thiazole rings is 1. The fourth-order valence-corrected chi connectivity index (χ4v) is 4.59. The maximum absolute atomic E-state index is 12.6. The third-order valence-electron chi connectivity index (χ3n) is 4.63. The molecular weight excluding hydrogens is 404 g/mol. The first-order chi connectivity index (χ1) is 13.9. The lowest BCUT2D eigenvalue weighted by molar-refractivity contribution is -0.143. The van der Waals surface area contributed by atoms with Crippen LogP contribution in [0.3, 0.4) is 0 Å². The zero-order chi connectivity index (χ0) is 21.0. The SMILES string of the molecule is CCOC(=O)Cn1c(=NC(=O)Cc2ccc(C)c(C)c2)sc2cc(SC)ccc21. The number of fused-ring (bicyclic) bond motifs is 1. The van der Waals surface area contributed by atoms with Crippen molar-refractivity contribution in [1.29, 1.82) is 0 Å². The Balaban J connectivity index is 1.99. The topological polar surface area (TPSA) is 60.7 Å². The second-order valence-corrected chi connectivity index (χ2v) is 8.60. The largest absolute Gasteiger partial charge is 0.465 e. The predicted octanol–water partition coefficient (Wildman–Crippen LogP) is 4.27. The molecular formula is C22H24N2O3S2. The third kappa shape index (κ3) is 5.16. The van der Waals surface area contributed by atoms with Crippen LogP contribution in [0, 0.1) is 13.8 Å². The number of rotatable bonds is 6. The number of esters is 1.